The van der Waals surface area contributed by atoms with E-state index in [-0.39, 0.29) is 29.1 Å². The van der Waals surface area contributed by atoms with Gasteiger partial charge in [0.25, 0.3) is 0 Å². The summed E-state index contributed by atoms with van der Waals surface area (Å²) in [6.45, 7) is 20.3. The molecular formula is C31H50O3. The number of hydrogen-bond acceptors (Lipinski definition) is 3. The van der Waals surface area contributed by atoms with Crippen LogP contribution in [0.1, 0.15) is 124 Å². The number of carbonyl (C=O) groups excluding carboxylic acids is 2. The SMILES string of the molecule is CCCCCCCCc1ccc(C(C(C)C(C)(C)C)C(C)(C)C(C)(C)C2CC(=O)OC2=O)cc1. The number of hydrogen-bond donors (Lipinski definition) is 0. The Kier molecular flexibility index (Phi) is 9.59. The van der Waals surface area contributed by atoms with Gasteiger partial charge < -0.3 is 4.74 Å². The van der Waals surface area contributed by atoms with Gasteiger partial charge >= 0.3 is 11.9 Å². The second-order valence-electron chi connectivity index (χ2n) is 12.9. The van der Waals surface area contributed by atoms with Crippen LogP contribution in [0.15, 0.2) is 24.3 Å². The van der Waals surface area contributed by atoms with Crippen LogP contribution in [0.3, 0.4) is 0 Å². The summed E-state index contributed by atoms with van der Waals surface area (Å²) in [6.07, 6.45) is 9.21. The van der Waals surface area contributed by atoms with Crippen molar-refractivity contribution < 1.29 is 14.3 Å². The summed E-state index contributed by atoms with van der Waals surface area (Å²) in [5.74, 6) is -0.553. The molecule has 0 radical (unpaired) electrons. The lowest BCUT2D eigenvalue weighted by Gasteiger charge is -2.53. The summed E-state index contributed by atoms with van der Waals surface area (Å²) in [5.41, 5.74) is 2.18. The molecule has 0 aliphatic carbocycles. The van der Waals surface area contributed by atoms with Crippen LogP contribution in [0.4, 0.5) is 0 Å². The molecule has 2 rings (SSSR count). The molecule has 34 heavy (non-hydrogen) atoms. The zero-order chi connectivity index (χ0) is 25.7. The molecule has 3 heteroatoms. The predicted octanol–water partition coefficient (Wildman–Crippen LogP) is 8.50. The molecule has 3 nitrogen and oxygen atoms in total. The standard InChI is InChI=1S/C31H50O3/c1-10-11-12-13-14-15-16-23-17-19-24(20-18-23)27(22(2)29(3,4)5)31(8,9)30(6,7)25-21-26(32)34-28(25)33/h17-20,22,25,27H,10-16,21H2,1-9H3. The molecule has 1 aromatic rings. The van der Waals surface area contributed by atoms with E-state index in [0.29, 0.717) is 5.92 Å². The molecule has 1 aliphatic heterocycles. The van der Waals surface area contributed by atoms with Gasteiger partial charge in [-0.15, -0.1) is 0 Å². The van der Waals surface area contributed by atoms with E-state index in [4.69, 9.17) is 4.74 Å². The van der Waals surface area contributed by atoms with E-state index in [0.717, 1.165) is 6.42 Å². The first-order chi connectivity index (χ1) is 15.7. The van der Waals surface area contributed by atoms with Crippen molar-refractivity contribution in [3.8, 4) is 0 Å². The lowest BCUT2D eigenvalue weighted by atomic mass is 9.50. The molecule has 3 atom stereocenters. The minimum Gasteiger partial charge on any atom is -0.393 e. The number of ether oxygens (including phenoxy) is 1. The first-order valence-corrected chi connectivity index (χ1v) is 13.6. The van der Waals surface area contributed by atoms with E-state index in [1.165, 1.54) is 49.7 Å². The topological polar surface area (TPSA) is 43.4 Å². The number of carbonyl (C=O) groups is 2. The number of benzene rings is 1. The third kappa shape index (κ3) is 6.52. The molecular weight excluding hydrogens is 420 g/mol. The van der Waals surface area contributed by atoms with Crippen LogP contribution in [-0.2, 0) is 20.7 Å². The second-order valence-corrected chi connectivity index (χ2v) is 12.9. The molecule has 3 unspecified atom stereocenters. The minimum atomic E-state index is -0.406. The number of aryl methyl sites for hydroxylation is 1. The molecule has 0 saturated carbocycles. The summed E-state index contributed by atoms with van der Waals surface area (Å²) in [4.78, 5) is 24.5. The van der Waals surface area contributed by atoms with E-state index < -0.39 is 17.3 Å². The maximum absolute atomic E-state index is 12.6. The highest BCUT2D eigenvalue weighted by atomic mass is 16.6. The normalized spacial score (nSPS) is 19.3. The van der Waals surface area contributed by atoms with Gasteiger partial charge in [-0.25, -0.2) is 0 Å². The Hall–Kier alpha value is -1.64. The van der Waals surface area contributed by atoms with E-state index in [1.54, 1.807) is 0 Å². The minimum absolute atomic E-state index is 0.0984. The monoisotopic (exact) mass is 470 g/mol. The lowest BCUT2D eigenvalue weighted by Crippen LogP contribution is -2.48. The van der Waals surface area contributed by atoms with Crippen LogP contribution in [-0.4, -0.2) is 11.9 Å². The van der Waals surface area contributed by atoms with Crippen molar-refractivity contribution in [3.63, 3.8) is 0 Å². The van der Waals surface area contributed by atoms with Crippen molar-refractivity contribution in [3.05, 3.63) is 35.4 Å². The molecule has 1 aliphatic rings. The average molecular weight is 471 g/mol. The largest absolute Gasteiger partial charge is 0.393 e. The number of rotatable bonds is 12. The Balaban J connectivity index is 2.29. The molecule has 1 fully saturated rings. The van der Waals surface area contributed by atoms with Crippen LogP contribution in [0.5, 0.6) is 0 Å². The fraction of sp³-hybridized carbons (Fsp3) is 0.742. The van der Waals surface area contributed by atoms with Crippen molar-refractivity contribution in [1.29, 1.82) is 0 Å². The van der Waals surface area contributed by atoms with Crippen molar-refractivity contribution in [2.75, 3.05) is 0 Å². The Labute approximate surface area is 209 Å². The van der Waals surface area contributed by atoms with Gasteiger partial charge in [0.1, 0.15) is 0 Å². The van der Waals surface area contributed by atoms with Crippen LogP contribution in [0.2, 0.25) is 0 Å². The number of unbranched alkanes of at least 4 members (excludes halogenated alkanes) is 5. The van der Waals surface area contributed by atoms with E-state index in [9.17, 15) is 9.59 Å². The molecule has 1 aromatic carbocycles. The molecule has 0 spiro atoms. The van der Waals surface area contributed by atoms with Crippen molar-refractivity contribution in [2.45, 2.75) is 120 Å². The first-order valence-electron chi connectivity index (χ1n) is 13.6. The van der Waals surface area contributed by atoms with E-state index in [2.05, 4.69) is 86.6 Å². The van der Waals surface area contributed by atoms with Gasteiger partial charge in [-0.3, -0.25) is 9.59 Å². The van der Waals surface area contributed by atoms with Gasteiger partial charge in [-0.1, -0.05) is 119 Å². The van der Waals surface area contributed by atoms with Crippen LogP contribution in [0.25, 0.3) is 0 Å². The van der Waals surface area contributed by atoms with E-state index in [1.807, 2.05) is 0 Å². The quantitative estimate of drug-likeness (QED) is 0.175. The van der Waals surface area contributed by atoms with Gasteiger partial charge in [-0.2, -0.15) is 0 Å². The third-order valence-corrected chi connectivity index (χ3v) is 9.20. The molecule has 1 heterocycles. The fourth-order valence-electron chi connectivity index (χ4n) is 5.71. The molecule has 0 N–H and O–H groups in total. The Morgan fingerprint density at radius 1 is 0.882 bits per heavy atom. The maximum Gasteiger partial charge on any atom is 0.317 e. The van der Waals surface area contributed by atoms with Gasteiger partial charge in [0.15, 0.2) is 0 Å². The van der Waals surface area contributed by atoms with Crippen molar-refractivity contribution >= 4 is 11.9 Å². The van der Waals surface area contributed by atoms with Crippen molar-refractivity contribution in [1.82, 2.24) is 0 Å². The summed E-state index contributed by atoms with van der Waals surface area (Å²) >= 11 is 0. The van der Waals surface area contributed by atoms with Crippen molar-refractivity contribution in [2.24, 2.45) is 28.1 Å². The highest BCUT2D eigenvalue weighted by Crippen LogP contribution is 2.59. The zero-order valence-corrected chi connectivity index (χ0v) is 23.4. The smallest absolute Gasteiger partial charge is 0.317 e. The van der Waals surface area contributed by atoms with E-state index >= 15 is 0 Å². The molecule has 0 bridgehead atoms. The highest BCUT2D eigenvalue weighted by molar-refractivity contribution is 5.95. The molecule has 0 amide bonds. The number of esters is 2. The van der Waals surface area contributed by atoms with Crippen LogP contribution >= 0.6 is 0 Å². The predicted molar refractivity (Wildman–Crippen MR) is 142 cm³/mol. The summed E-state index contributed by atoms with van der Waals surface area (Å²) in [7, 11) is 0. The third-order valence-electron chi connectivity index (χ3n) is 9.20. The summed E-state index contributed by atoms with van der Waals surface area (Å²) in [5, 5.41) is 0. The van der Waals surface area contributed by atoms with Gasteiger partial charge in [0.2, 0.25) is 0 Å². The summed E-state index contributed by atoms with van der Waals surface area (Å²) < 4.78 is 4.97. The Bertz CT molecular complexity index is 810. The van der Waals surface area contributed by atoms with Gasteiger partial charge in [-0.05, 0) is 52.0 Å². The van der Waals surface area contributed by atoms with Gasteiger partial charge in [0, 0.05) is 0 Å². The number of cyclic esters (lactones) is 2. The van der Waals surface area contributed by atoms with Crippen LogP contribution < -0.4 is 0 Å². The van der Waals surface area contributed by atoms with Gasteiger partial charge in [0.05, 0.1) is 12.3 Å². The summed E-state index contributed by atoms with van der Waals surface area (Å²) in [6, 6.07) is 9.24. The second kappa shape index (κ2) is 11.4. The molecule has 0 aromatic heterocycles. The fourth-order valence-corrected chi connectivity index (χ4v) is 5.71. The molecule has 192 valence electrons. The highest BCUT2D eigenvalue weighted by Gasteiger charge is 2.55. The zero-order valence-electron chi connectivity index (χ0n) is 23.4. The molecule has 1 saturated heterocycles. The maximum atomic E-state index is 12.6. The average Bonchev–Trinajstić information content (AvgIpc) is 3.09. The van der Waals surface area contributed by atoms with Crippen LogP contribution in [0, 0.1) is 28.1 Å². The lowest BCUT2D eigenvalue weighted by molar-refractivity contribution is -0.155. The first kappa shape index (κ1) is 28.6. The Morgan fingerprint density at radius 2 is 1.44 bits per heavy atom. The Morgan fingerprint density at radius 3 is 1.94 bits per heavy atom.